The van der Waals surface area contributed by atoms with Crippen molar-refractivity contribution in [3.63, 3.8) is 0 Å². The normalized spacial score (nSPS) is 11.9. The predicted octanol–water partition coefficient (Wildman–Crippen LogP) is 13.8. The van der Waals surface area contributed by atoms with Crippen molar-refractivity contribution >= 4 is 85.6 Å². The molecule has 4 nitrogen and oxygen atoms in total. The highest BCUT2D eigenvalue weighted by Gasteiger charge is 2.22. The van der Waals surface area contributed by atoms with Gasteiger partial charge in [0.1, 0.15) is 0 Å². The second-order valence-electron chi connectivity index (χ2n) is 14.4. The molecule has 0 spiro atoms. The molecule has 0 aliphatic heterocycles. The van der Waals surface area contributed by atoms with Crippen molar-refractivity contribution in [1.82, 2.24) is 19.5 Å². The van der Waals surface area contributed by atoms with Crippen molar-refractivity contribution in [2.24, 2.45) is 0 Å². The maximum Gasteiger partial charge on any atom is 0.164 e. The average molecular weight is 731 g/mol. The molecular weight excluding hydrogens is 701 g/mol. The van der Waals surface area contributed by atoms with Crippen molar-refractivity contribution in [3.8, 4) is 39.9 Å². The first-order valence-electron chi connectivity index (χ1n) is 18.9. The Morgan fingerprint density at radius 1 is 0.357 bits per heavy atom. The lowest BCUT2D eigenvalue weighted by Crippen LogP contribution is -2.02. The molecular formula is C51H30N4S. The zero-order chi connectivity index (χ0) is 36.7. The summed E-state index contributed by atoms with van der Waals surface area (Å²) in [6, 6.07) is 65.0. The summed E-state index contributed by atoms with van der Waals surface area (Å²) in [5.74, 6) is 1.94. The summed E-state index contributed by atoms with van der Waals surface area (Å²) >= 11 is 1.82. The standard InChI is InChI=1S/C51H30N4S/c1-2-14-31(15-3-1)49-52-50(42-27-34-18-6-7-19-36(34)37-20-8-9-21-38(37)42)54-51(53-49)43-29-35(30-47-48(43)40-23-11-13-25-46(40)56-47)55-44-24-12-10-22-39(44)41-26-32-16-4-5-17-33(32)28-45(41)55/h1-30H. The summed E-state index contributed by atoms with van der Waals surface area (Å²) in [6.45, 7) is 0. The molecule has 0 atom stereocenters. The van der Waals surface area contributed by atoms with E-state index in [1.54, 1.807) is 0 Å². The fourth-order valence-electron chi connectivity index (χ4n) is 8.65. The Morgan fingerprint density at radius 2 is 0.964 bits per heavy atom. The number of rotatable bonds is 4. The Bertz CT molecular complexity index is 3540. The van der Waals surface area contributed by atoms with Gasteiger partial charge in [0.05, 0.1) is 11.0 Å². The van der Waals surface area contributed by atoms with Crippen LogP contribution in [0.5, 0.6) is 0 Å². The highest BCUT2D eigenvalue weighted by molar-refractivity contribution is 7.26. The van der Waals surface area contributed by atoms with E-state index in [1.165, 1.54) is 52.6 Å². The van der Waals surface area contributed by atoms with Gasteiger partial charge in [0.15, 0.2) is 17.5 Å². The predicted molar refractivity (Wildman–Crippen MR) is 236 cm³/mol. The van der Waals surface area contributed by atoms with Gasteiger partial charge < -0.3 is 4.57 Å². The summed E-state index contributed by atoms with van der Waals surface area (Å²) in [5.41, 5.74) is 6.30. The number of aromatic nitrogens is 4. The van der Waals surface area contributed by atoms with Crippen LogP contribution in [0.4, 0.5) is 0 Å². The van der Waals surface area contributed by atoms with Crippen LogP contribution >= 0.6 is 11.3 Å². The molecule has 0 unspecified atom stereocenters. The third kappa shape index (κ3) is 4.75. The van der Waals surface area contributed by atoms with Crippen LogP contribution in [0.25, 0.3) is 114 Å². The summed E-state index contributed by atoms with van der Waals surface area (Å²) in [6.07, 6.45) is 0. The van der Waals surface area contributed by atoms with Crippen LogP contribution in [0.3, 0.4) is 0 Å². The molecule has 12 rings (SSSR count). The Labute approximate surface area is 325 Å². The number of para-hydroxylation sites is 1. The lowest BCUT2D eigenvalue weighted by Gasteiger charge is -2.14. The van der Waals surface area contributed by atoms with Crippen LogP contribution in [0.2, 0.25) is 0 Å². The maximum absolute atomic E-state index is 5.45. The Kier molecular flexibility index (Phi) is 6.76. The first-order chi connectivity index (χ1) is 27.7. The number of hydrogen-bond acceptors (Lipinski definition) is 4. The van der Waals surface area contributed by atoms with Crippen molar-refractivity contribution in [3.05, 3.63) is 182 Å². The molecule has 0 amide bonds. The minimum Gasteiger partial charge on any atom is -0.309 e. The number of benzene rings is 9. The molecule has 5 heteroatoms. The zero-order valence-electron chi connectivity index (χ0n) is 30.0. The summed E-state index contributed by atoms with van der Waals surface area (Å²) in [5, 5.41) is 11.9. The van der Waals surface area contributed by atoms with Crippen molar-refractivity contribution in [1.29, 1.82) is 0 Å². The molecule has 9 aromatic carbocycles. The molecule has 3 aromatic heterocycles. The first kappa shape index (κ1) is 31.2. The molecule has 0 aliphatic rings. The van der Waals surface area contributed by atoms with Gasteiger partial charge in [0.25, 0.3) is 0 Å². The molecule has 0 radical (unpaired) electrons. The van der Waals surface area contributed by atoms with E-state index in [2.05, 4.69) is 168 Å². The van der Waals surface area contributed by atoms with E-state index >= 15 is 0 Å². The summed E-state index contributed by atoms with van der Waals surface area (Å²) < 4.78 is 4.83. The zero-order valence-corrected chi connectivity index (χ0v) is 30.8. The largest absolute Gasteiger partial charge is 0.309 e. The fourth-order valence-corrected chi connectivity index (χ4v) is 9.82. The van der Waals surface area contributed by atoms with Gasteiger partial charge in [-0.2, -0.15) is 0 Å². The monoisotopic (exact) mass is 730 g/mol. The van der Waals surface area contributed by atoms with Gasteiger partial charge in [-0.25, -0.2) is 15.0 Å². The van der Waals surface area contributed by atoms with Crippen LogP contribution in [0.15, 0.2) is 182 Å². The van der Waals surface area contributed by atoms with E-state index in [9.17, 15) is 0 Å². The molecule has 0 saturated heterocycles. The molecule has 0 N–H and O–H groups in total. The second-order valence-corrected chi connectivity index (χ2v) is 15.5. The molecule has 56 heavy (non-hydrogen) atoms. The fraction of sp³-hybridized carbons (Fsp3) is 0. The van der Waals surface area contributed by atoms with E-state index in [0.29, 0.717) is 17.5 Å². The van der Waals surface area contributed by atoms with E-state index in [-0.39, 0.29) is 0 Å². The van der Waals surface area contributed by atoms with E-state index < -0.39 is 0 Å². The SMILES string of the molecule is c1ccc(-c2nc(-c3cc4ccccc4c4ccccc34)nc(-c3cc(-n4c5ccccc5c5cc6ccccc6cc54)cc4sc5ccccc5c34)n2)cc1. The second kappa shape index (κ2) is 12.2. The lowest BCUT2D eigenvalue weighted by molar-refractivity contribution is 1.08. The average Bonchev–Trinajstić information content (AvgIpc) is 3.80. The van der Waals surface area contributed by atoms with E-state index in [1.807, 2.05) is 29.5 Å². The highest BCUT2D eigenvalue weighted by Crippen LogP contribution is 2.44. The molecule has 3 heterocycles. The number of hydrogen-bond donors (Lipinski definition) is 0. The first-order valence-corrected chi connectivity index (χ1v) is 19.7. The van der Waals surface area contributed by atoms with Gasteiger partial charge in [0, 0.05) is 53.3 Å². The molecule has 0 saturated carbocycles. The number of thiophene rings is 1. The van der Waals surface area contributed by atoms with Gasteiger partial charge in [-0.3, -0.25) is 0 Å². The summed E-state index contributed by atoms with van der Waals surface area (Å²) in [7, 11) is 0. The topological polar surface area (TPSA) is 43.6 Å². The van der Waals surface area contributed by atoms with Crippen LogP contribution in [-0.2, 0) is 0 Å². The minimum absolute atomic E-state index is 0.643. The minimum atomic E-state index is 0.643. The lowest BCUT2D eigenvalue weighted by atomic mass is 9.96. The molecule has 0 bridgehead atoms. The van der Waals surface area contributed by atoms with Crippen LogP contribution < -0.4 is 0 Å². The highest BCUT2D eigenvalue weighted by atomic mass is 32.1. The van der Waals surface area contributed by atoms with Crippen molar-refractivity contribution in [2.45, 2.75) is 0 Å². The Hall–Kier alpha value is -7.21. The van der Waals surface area contributed by atoms with Crippen LogP contribution in [0.1, 0.15) is 0 Å². The number of fused-ring (bicyclic) bond motifs is 10. The molecule has 260 valence electrons. The Morgan fingerprint density at radius 3 is 1.79 bits per heavy atom. The van der Waals surface area contributed by atoms with Gasteiger partial charge >= 0.3 is 0 Å². The molecule has 12 aromatic rings. The van der Waals surface area contributed by atoms with Crippen LogP contribution in [0, 0.1) is 0 Å². The van der Waals surface area contributed by atoms with Gasteiger partial charge in [-0.05, 0) is 74.8 Å². The van der Waals surface area contributed by atoms with Gasteiger partial charge in [0.2, 0.25) is 0 Å². The van der Waals surface area contributed by atoms with E-state index in [4.69, 9.17) is 15.0 Å². The van der Waals surface area contributed by atoms with Gasteiger partial charge in [-0.1, -0.05) is 140 Å². The third-order valence-corrected chi connectivity index (χ3v) is 12.3. The quantitative estimate of drug-likeness (QED) is 0.169. The molecule has 0 fully saturated rings. The third-order valence-electron chi connectivity index (χ3n) is 11.2. The smallest absolute Gasteiger partial charge is 0.164 e. The van der Waals surface area contributed by atoms with Crippen molar-refractivity contribution in [2.75, 3.05) is 0 Å². The van der Waals surface area contributed by atoms with Crippen LogP contribution in [-0.4, -0.2) is 19.5 Å². The van der Waals surface area contributed by atoms with Gasteiger partial charge in [-0.15, -0.1) is 11.3 Å². The maximum atomic E-state index is 5.45. The van der Waals surface area contributed by atoms with Crippen molar-refractivity contribution < 1.29 is 0 Å². The van der Waals surface area contributed by atoms with E-state index in [0.717, 1.165) is 44.1 Å². The Balaban J connectivity index is 1.20. The summed E-state index contributed by atoms with van der Waals surface area (Å²) in [4.78, 5) is 16.0. The molecule has 0 aliphatic carbocycles. The number of nitrogens with zero attached hydrogens (tertiary/aromatic N) is 4.